The molecule has 2 heterocycles. The van der Waals surface area contributed by atoms with E-state index in [1.165, 1.54) is 64.7 Å². The van der Waals surface area contributed by atoms with E-state index < -0.39 is 0 Å². The Balaban J connectivity index is 0.000000980. The van der Waals surface area contributed by atoms with Gasteiger partial charge in [-0.1, -0.05) is 12.8 Å². The van der Waals surface area contributed by atoms with Gasteiger partial charge >= 0.3 is 0 Å². The van der Waals surface area contributed by atoms with E-state index in [-0.39, 0.29) is 12.4 Å². The molecule has 2 aliphatic rings. The van der Waals surface area contributed by atoms with Crippen LogP contribution in [0.4, 0.5) is 0 Å². The summed E-state index contributed by atoms with van der Waals surface area (Å²) in [4.78, 5) is 2.74. The lowest BCUT2D eigenvalue weighted by molar-refractivity contribution is 0.168. The average Bonchev–Trinajstić information content (AvgIpc) is 2.47. The summed E-state index contributed by atoms with van der Waals surface area (Å²) in [5, 5.41) is 3.44. The Kier molecular flexibility index (Phi) is 5.83. The second-order valence-electron chi connectivity index (χ2n) is 4.43. The number of rotatable bonds is 1. The standard InChI is InChI=1S/C11H22N2.ClH/c1-2-4-10-13(9-3-1)11-5-7-12-8-6-11;/h11-12H,1-10H2;1H. The highest BCUT2D eigenvalue weighted by Gasteiger charge is 2.20. The fraction of sp³-hybridized carbons (Fsp3) is 1.00. The van der Waals surface area contributed by atoms with Gasteiger partial charge in [-0.05, 0) is 51.9 Å². The molecular formula is C11H23ClN2. The van der Waals surface area contributed by atoms with Crippen molar-refractivity contribution in [3.05, 3.63) is 0 Å². The number of hydrogen-bond donors (Lipinski definition) is 1. The molecule has 2 rings (SSSR count). The topological polar surface area (TPSA) is 15.3 Å². The summed E-state index contributed by atoms with van der Waals surface area (Å²) in [6.45, 7) is 5.21. The maximum absolute atomic E-state index is 3.44. The zero-order valence-corrected chi connectivity index (χ0v) is 9.82. The molecule has 2 fully saturated rings. The van der Waals surface area contributed by atoms with Crippen LogP contribution in [0.1, 0.15) is 38.5 Å². The molecule has 2 nitrogen and oxygen atoms in total. The molecule has 0 saturated carbocycles. The molecule has 84 valence electrons. The van der Waals surface area contributed by atoms with Crippen LogP contribution < -0.4 is 5.32 Å². The Morgan fingerprint density at radius 2 is 1.43 bits per heavy atom. The predicted octanol–water partition coefficient (Wildman–Crippen LogP) is 2.04. The first-order chi connectivity index (χ1) is 6.47. The summed E-state index contributed by atoms with van der Waals surface area (Å²) in [6.07, 6.45) is 8.54. The molecule has 2 saturated heterocycles. The zero-order chi connectivity index (χ0) is 8.93. The van der Waals surface area contributed by atoms with Crippen molar-refractivity contribution in [3.8, 4) is 0 Å². The van der Waals surface area contributed by atoms with Crippen LogP contribution in [0.2, 0.25) is 0 Å². The van der Waals surface area contributed by atoms with Crippen molar-refractivity contribution in [3.63, 3.8) is 0 Å². The average molecular weight is 219 g/mol. The molecule has 0 unspecified atom stereocenters. The minimum atomic E-state index is 0. The van der Waals surface area contributed by atoms with E-state index in [0.717, 1.165) is 6.04 Å². The maximum Gasteiger partial charge on any atom is 0.0119 e. The molecule has 0 spiro atoms. The molecule has 0 aromatic carbocycles. The van der Waals surface area contributed by atoms with Crippen molar-refractivity contribution in [1.29, 1.82) is 0 Å². The van der Waals surface area contributed by atoms with E-state index in [1.807, 2.05) is 0 Å². The lowest BCUT2D eigenvalue weighted by Crippen LogP contribution is -2.43. The van der Waals surface area contributed by atoms with E-state index in [0.29, 0.717) is 0 Å². The Bertz CT molecular complexity index is 138. The highest BCUT2D eigenvalue weighted by atomic mass is 35.5. The summed E-state index contributed by atoms with van der Waals surface area (Å²) >= 11 is 0. The molecule has 0 aliphatic carbocycles. The lowest BCUT2D eigenvalue weighted by atomic mass is 10.0. The number of nitrogens with one attached hydrogen (secondary N) is 1. The monoisotopic (exact) mass is 218 g/mol. The second-order valence-corrected chi connectivity index (χ2v) is 4.43. The fourth-order valence-corrected chi connectivity index (χ4v) is 2.63. The molecule has 0 bridgehead atoms. The van der Waals surface area contributed by atoms with Gasteiger partial charge in [0, 0.05) is 6.04 Å². The van der Waals surface area contributed by atoms with E-state index in [4.69, 9.17) is 0 Å². The van der Waals surface area contributed by atoms with Crippen molar-refractivity contribution in [2.24, 2.45) is 0 Å². The van der Waals surface area contributed by atoms with Crippen LogP contribution in [-0.4, -0.2) is 37.1 Å². The molecule has 2 aliphatic heterocycles. The summed E-state index contributed by atoms with van der Waals surface area (Å²) in [5.41, 5.74) is 0. The third-order valence-electron chi connectivity index (χ3n) is 3.47. The molecule has 1 N–H and O–H groups in total. The third-order valence-corrected chi connectivity index (χ3v) is 3.47. The van der Waals surface area contributed by atoms with Crippen LogP contribution in [0, 0.1) is 0 Å². The Hall–Kier alpha value is 0.210. The first-order valence-electron chi connectivity index (χ1n) is 5.91. The van der Waals surface area contributed by atoms with Gasteiger partial charge in [0.05, 0.1) is 0 Å². The van der Waals surface area contributed by atoms with Gasteiger partial charge in [-0.2, -0.15) is 0 Å². The summed E-state index contributed by atoms with van der Waals surface area (Å²) < 4.78 is 0. The number of halogens is 1. The van der Waals surface area contributed by atoms with Gasteiger partial charge in [-0.3, -0.25) is 0 Å². The Morgan fingerprint density at radius 3 is 2.00 bits per heavy atom. The molecule has 0 atom stereocenters. The van der Waals surface area contributed by atoms with Gasteiger partial charge in [0.1, 0.15) is 0 Å². The molecule has 14 heavy (non-hydrogen) atoms. The SMILES string of the molecule is C1CCCN(C2CCNCC2)CC1.Cl. The molecule has 0 aromatic rings. The van der Waals surface area contributed by atoms with Gasteiger partial charge in [0.25, 0.3) is 0 Å². The van der Waals surface area contributed by atoms with E-state index in [1.54, 1.807) is 0 Å². The van der Waals surface area contributed by atoms with Crippen molar-refractivity contribution in [2.75, 3.05) is 26.2 Å². The highest BCUT2D eigenvalue weighted by molar-refractivity contribution is 5.85. The second kappa shape index (κ2) is 6.65. The fourth-order valence-electron chi connectivity index (χ4n) is 2.63. The van der Waals surface area contributed by atoms with Crippen LogP contribution in [0.5, 0.6) is 0 Å². The molecular weight excluding hydrogens is 196 g/mol. The van der Waals surface area contributed by atoms with Gasteiger partial charge in [0.2, 0.25) is 0 Å². The molecule has 0 amide bonds. The Morgan fingerprint density at radius 1 is 0.857 bits per heavy atom. The number of piperidine rings is 1. The van der Waals surface area contributed by atoms with Crippen LogP contribution in [0.25, 0.3) is 0 Å². The van der Waals surface area contributed by atoms with E-state index in [2.05, 4.69) is 10.2 Å². The van der Waals surface area contributed by atoms with Gasteiger partial charge in [-0.15, -0.1) is 12.4 Å². The first-order valence-corrected chi connectivity index (χ1v) is 5.91. The van der Waals surface area contributed by atoms with Gasteiger partial charge < -0.3 is 10.2 Å². The summed E-state index contributed by atoms with van der Waals surface area (Å²) in [7, 11) is 0. The van der Waals surface area contributed by atoms with Gasteiger partial charge in [0.15, 0.2) is 0 Å². The summed E-state index contributed by atoms with van der Waals surface area (Å²) in [5.74, 6) is 0. The lowest BCUT2D eigenvalue weighted by Gasteiger charge is -2.33. The summed E-state index contributed by atoms with van der Waals surface area (Å²) in [6, 6.07) is 0.902. The van der Waals surface area contributed by atoms with Crippen LogP contribution in [0.3, 0.4) is 0 Å². The number of likely N-dealkylation sites (tertiary alicyclic amines) is 1. The minimum Gasteiger partial charge on any atom is -0.317 e. The van der Waals surface area contributed by atoms with E-state index in [9.17, 15) is 0 Å². The van der Waals surface area contributed by atoms with Crippen molar-refractivity contribution in [1.82, 2.24) is 10.2 Å². The third kappa shape index (κ3) is 3.41. The molecule has 0 radical (unpaired) electrons. The predicted molar refractivity (Wildman–Crippen MR) is 63.2 cm³/mol. The molecule has 0 aromatic heterocycles. The largest absolute Gasteiger partial charge is 0.317 e. The maximum atomic E-state index is 3.44. The first kappa shape index (κ1) is 12.3. The number of hydrogen-bond acceptors (Lipinski definition) is 2. The van der Waals surface area contributed by atoms with Crippen molar-refractivity contribution >= 4 is 12.4 Å². The molecule has 3 heteroatoms. The van der Waals surface area contributed by atoms with Crippen LogP contribution in [0.15, 0.2) is 0 Å². The highest BCUT2D eigenvalue weighted by Crippen LogP contribution is 2.17. The quantitative estimate of drug-likeness (QED) is 0.725. The normalized spacial score (nSPS) is 26.6. The van der Waals surface area contributed by atoms with Crippen LogP contribution in [-0.2, 0) is 0 Å². The van der Waals surface area contributed by atoms with Crippen LogP contribution >= 0.6 is 12.4 Å². The Labute approximate surface area is 93.8 Å². The smallest absolute Gasteiger partial charge is 0.0119 e. The van der Waals surface area contributed by atoms with Crippen molar-refractivity contribution < 1.29 is 0 Å². The zero-order valence-electron chi connectivity index (χ0n) is 9.00. The van der Waals surface area contributed by atoms with Gasteiger partial charge in [-0.25, -0.2) is 0 Å². The van der Waals surface area contributed by atoms with E-state index >= 15 is 0 Å². The number of nitrogens with zero attached hydrogens (tertiary/aromatic N) is 1. The van der Waals surface area contributed by atoms with Crippen molar-refractivity contribution in [2.45, 2.75) is 44.6 Å². The minimum absolute atomic E-state index is 0.